The van der Waals surface area contributed by atoms with Crippen LogP contribution in [0.2, 0.25) is 0 Å². The van der Waals surface area contributed by atoms with Crippen LogP contribution in [0.1, 0.15) is 6.92 Å². The van der Waals surface area contributed by atoms with E-state index in [1.165, 1.54) is 12.1 Å². The molecule has 1 rings (SSSR count). The quantitative estimate of drug-likeness (QED) is 0.824. The summed E-state index contributed by atoms with van der Waals surface area (Å²) in [5.74, 6) is -0.467. The van der Waals surface area contributed by atoms with Crippen LogP contribution in [0.15, 0.2) is 24.3 Å². The standard InChI is InChI=1S/C12H17FN2O2.ClH/c1-9(6-14)7-15-12(16)8-17-11-5-3-2-4-10(11)13;/h2-5,9H,6-8,14H2,1H3,(H,15,16);1H. The minimum absolute atomic E-state index is 0. The molecular weight excluding hydrogens is 259 g/mol. The minimum atomic E-state index is -0.476. The van der Waals surface area contributed by atoms with Gasteiger partial charge in [-0.3, -0.25) is 4.79 Å². The van der Waals surface area contributed by atoms with Gasteiger partial charge in [0.15, 0.2) is 18.2 Å². The molecule has 0 saturated heterocycles. The molecule has 4 nitrogen and oxygen atoms in total. The molecule has 1 aromatic carbocycles. The van der Waals surface area contributed by atoms with Crippen molar-refractivity contribution in [2.75, 3.05) is 19.7 Å². The van der Waals surface area contributed by atoms with E-state index in [1.54, 1.807) is 12.1 Å². The van der Waals surface area contributed by atoms with Crippen LogP contribution in [-0.2, 0) is 4.79 Å². The number of carbonyl (C=O) groups is 1. The van der Waals surface area contributed by atoms with Gasteiger partial charge in [-0.15, -0.1) is 12.4 Å². The normalized spacial score (nSPS) is 11.3. The maximum Gasteiger partial charge on any atom is 0.257 e. The van der Waals surface area contributed by atoms with Crippen molar-refractivity contribution in [2.24, 2.45) is 11.7 Å². The third-order valence-electron chi connectivity index (χ3n) is 2.25. The molecule has 0 aromatic heterocycles. The SMILES string of the molecule is CC(CN)CNC(=O)COc1ccccc1F.Cl. The molecule has 0 heterocycles. The molecule has 3 N–H and O–H groups in total. The van der Waals surface area contributed by atoms with Gasteiger partial charge in [0.1, 0.15) is 0 Å². The number of amides is 1. The first-order chi connectivity index (χ1) is 8.13. The summed E-state index contributed by atoms with van der Waals surface area (Å²) in [5.41, 5.74) is 5.41. The van der Waals surface area contributed by atoms with Crippen molar-refractivity contribution in [3.63, 3.8) is 0 Å². The second kappa shape index (κ2) is 8.72. The fraction of sp³-hybridized carbons (Fsp3) is 0.417. The van der Waals surface area contributed by atoms with E-state index in [1.807, 2.05) is 6.92 Å². The highest BCUT2D eigenvalue weighted by atomic mass is 35.5. The Bertz CT molecular complexity index is 377. The molecule has 0 aliphatic carbocycles. The summed E-state index contributed by atoms with van der Waals surface area (Å²) in [7, 11) is 0. The van der Waals surface area contributed by atoms with Crippen molar-refractivity contribution in [2.45, 2.75) is 6.92 Å². The number of hydrogen-bond acceptors (Lipinski definition) is 3. The lowest BCUT2D eigenvalue weighted by atomic mass is 10.2. The van der Waals surface area contributed by atoms with E-state index in [0.29, 0.717) is 13.1 Å². The van der Waals surface area contributed by atoms with E-state index < -0.39 is 5.82 Å². The Labute approximate surface area is 112 Å². The van der Waals surface area contributed by atoms with Gasteiger partial charge in [-0.1, -0.05) is 19.1 Å². The lowest BCUT2D eigenvalue weighted by Gasteiger charge is -2.11. The molecule has 102 valence electrons. The fourth-order valence-electron chi connectivity index (χ4n) is 1.13. The molecule has 1 atom stereocenters. The molecule has 0 aliphatic heterocycles. The number of nitrogens with one attached hydrogen (secondary N) is 1. The molecule has 0 fully saturated rings. The summed E-state index contributed by atoms with van der Waals surface area (Å²) in [6.07, 6.45) is 0. The lowest BCUT2D eigenvalue weighted by Crippen LogP contribution is -2.34. The molecule has 0 spiro atoms. The highest BCUT2D eigenvalue weighted by molar-refractivity contribution is 5.85. The first-order valence-electron chi connectivity index (χ1n) is 5.47. The molecular formula is C12H18ClFN2O2. The van der Waals surface area contributed by atoms with Crippen molar-refractivity contribution in [1.29, 1.82) is 0 Å². The zero-order valence-electron chi connectivity index (χ0n) is 10.2. The van der Waals surface area contributed by atoms with Gasteiger partial charge in [-0.25, -0.2) is 4.39 Å². The van der Waals surface area contributed by atoms with Gasteiger partial charge in [0.2, 0.25) is 0 Å². The molecule has 1 aromatic rings. The van der Waals surface area contributed by atoms with Crippen LogP contribution in [0.4, 0.5) is 4.39 Å². The second-order valence-corrected chi connectivity index (χ2v) is 3.86. The number of halogens is 2. The van der Waals surface area contributed by atoms with Crippen LogP contribution in [0.5, 0.6) is 5.75 Å². The highest BCUT2D eigenvalue weighted by Crippen LogP contribution is 2.14. The van der Waals surface area contributed by atoms with E-state index >= 15 is 0 Å². The van der Waals surface area contributed by atoms with E-state index in [9.17, 15) is 9.18 Å². The van der Waals surface area contributed by atoms with E-state index in [4.69, 9.17) is 10.5 Å². The second-order valence-electron chi connectivity index (χ2n) is 3.86. The molecule has 0 radical (unpaired) electrons. The Morgan fingerprint density at radius 1 is 1.50 bits per heavy atom. The van der Waals surface area contributed by atoms with Crippen molar-refractivity contribution >= 4 is 18.3 Å². The van der Waals surface area contributed by atoms with Crippen LogP contribution >= 0.6 is 12.4 Å². The maximum absolute atomic E-state index is 13.1. The smallest absolute Gasteiger partial charge is 0.257 e. The van der Waals surface area contributed by atoms with Gasteiger partial charge in [0.05, 0.1) is 0 Å². The third-order valence-corrected chi connectivity index (χ3v) is 2.25. The molecule has 0 bridgehead atoms. The van der Waals surface area contributed by atoms with E-state index in [2.05, 4.69) is 5.32 Å². The number of benzene rings is 1. The van der Waals surface area contributed by atoms with Crippen LogP contribution in [0.3, 0.4) is 0 Å². The van der Waals surface area contributed by atoms with Crippen molar-refractivity contribution in [3.8, 4) is 5.75 Å². The lowest BCUT2D eigenvalue weighted by molar-refractivity contribution is -0.123. The van der Waals surface area contributed by atoms with Gasteiger partial charge in [0.25, 0.3) is 5.91 Å². The Balaban J connectivity index is 0.00000289. The molecule has 0 saturated carbocycles. The summed E-state index contributed by atoms with van der Waals surface area (Å²) < 4.78 is 18.2. The van der Waals surface area contributed by atoms with Crippen LogP contribution < -0.4 is 15.8 Å². The number of para-hydroxylation sites is 1. The monoisotopic (exact) mass is 276 g/mol. The topological polar surface area (TPSA) is 64.3 Å². The molecule has 1 amide bonds. The summed E-state index contributed by atoms with van der Waals surface area (Å²) in [4.78, 5) is 11.3. The number of nitrogens with two attached hydrogens (primary N) is 1. The maximum atomic E-state index is 13.1. The molecule has 0 aliphatic rings. The van der Waals surface area contributed by atoms with Gasteiger partial charge in [0, 0.05) is 6.54 Å². The van der Waals surface area contributed by atoms with E-state index in [-0.39, 0.29) is 36.6 Å². The molecule has 6 heteroatoms. The fourth-order valence-corrected chi connectivity index (χ4v) is 1.13. The summed E-state index contributed by atoms with van der Waals surface area (Å²) in [6, 6.07) is 5.97. The predicted molar refractivity (Wildman–Crippen MR) is 70.4 cm³/mol. The highest BCUT2D eigenvalue weighted by Gasteiger charge is 2.07. The summed E-state index contributed by atoms with van der Waals surface area (Å²) in [5, 5.41) is 2.66. The number of rotatable bonds is 6. The zero-order chi connectivity index (χ0) is 12.7. The average molecular weight is 277 g/mol. The largest absolute Gasteiger partial charge is 0.481 e. The average Bonchev–Trinajstić information content (AvgIpc) is 2.35. The van der Waals surface area contributed by atoms with Crippen molar-refractivity contribution in [3.05, 3.63) is 30.1 Å². The van der Waals surface area contributed by atoms with E-state index in [0.717, 1.165) is 0 Å². The van der Waals surface area contributed by atoms with Crippen LogP contribution in [0, 0.1) is 11.7 Å². The Morgan fingerprint density at radius 2 is 2.17 bits per heavy atom. The van der Waals surface area contributed by atoms with Gasteiger partial charge in [-0.05, 0) is 24.6 Å². The Hall–Kier alpha value is -1.33. The molecule has 18 heavy (non-hydrogen) atoms. The van der Waals surface area contributed by atoms with Crippen molar-refractivity contribution in [1.82, 2.24) is 5.32 Å². The van der Waals surface area contributed by atoms with Gasteiger partial charge >= 0.3 is 0 Å². The first kappa shape index (κ1) is 16.7. The minimum Gasteiger partial charge on any atom is -0.481 e. The van der Waals surface area contributed by atoms with Gasteiger partial charge < -0.3 is 15.8 Å². The van der Waals surface area contributed by atoms with Crippen LogP contribution in [-0.4, -0.2) is 25.6 Å². The first-order valence-corrected chi connectivity index (χ1v) is 5.47. The zero-order valence-corrected chi connectivity index (χ0v) is 11.0. The van der Waals surface area contributed by atoms with Crippen molar-refractivity contribution < 1.29 is 13.9 Å². The molecule has 1 unspecified atom stereocenters. The number of hydrogen-bond donors (Lipinski definition) is 2. The predicted octanol–water partition coefficient (Wildman–Crippen LogP) is 1.34. The summed E-state index contributed by atoms with van der Waals surface area (Å²) in [6.45, 7) is 2.74. The summed E-state index contributed by atoms with van der Waals surface area (Å²) >= 11 is 0. The van der Waals surface area contributed by atoms with Gasteiger partial charge in [-0.2, -0.15) is 0 Å². The number of carbonyl (C=O) groups excluding carboxylic acids is 1. The third kappa shape index (κ3) is 5.84. The van der Waals surface area contributed by atoms with Crippen LogP contribution in [0.25, 0.3) is 0 Å². The number of ether oxygens (including phenoxy) is 1. The Kier molecular flexibility index (Phi) is 8.07. The Morgan fingerprint density at radius 3 is 2.78 bits per heavy atom.